The van der Waals surface area contributed by atoms with Gasteiger partial charge in [0.15, 0.2) is 0 Å². The van der Waals surface area contributed by atoms with Gasteiger partial charge in [0.05, 0.1) is 12.2 Å². The molecule has 0 spiro atoms. The number of ether oxygens (including phenoxy) is 1. The molecule has 112 valence electrons. The minimum atomic E-state index is -0.715. The number of ketones is 2. The van der Waals surface area contributed by atoms with Crippen LogP contribution in [0, 0.1) is 6.92 Å². The molecule has 0 saturated heterocycles. The van der Waals surface area contributed by atoms with Gasteiger partial charge in [-0.25, -0.2) is 4.79 Å². The molecule has 0 aromatic heterocycles. The van der Waals surface area contributed by atoms with Crippen LogP contribution in [0.4, 0.5) is 0 Å². The molecule has 0 bridgehead atoms. The summed E-state index contributed by atoms with van der Waals surface area (Å²) in [6.45, 7) is 3.78. The largest absolute Gasteiger partial charge is 0.462 e. The lowest BCUT2D eigenvalue weighted by Gasteiger charge is -2.07. The van der Waals surface area contributed by atoms with Crippen molar-refractivity contribution in [3.63, 3.8) is 0 Å². The van der Waals surface area contributed by atoms with E-state index in [4.69, 9.17) is 4.74 Å². The van der Waals surface area contributed by atoms with Gasteiger partial charge in [-0.3, -0.25) is 9.59 Å². The Morgan fingerprint density at radius 1 is 0.864 bits per heavy atom. The first-order valence-corrected chi connectivity index (χ1v) is 6.96. The summed E-state index contributed by atoms with van der Waals surface area (Å²) in [4.78, 5) is 36.6. The average Bonchev–Trinajstić information content (AvgIpc) is 2.54. The molecule has 0 aliphatic rings. The van der Waals surface area contributed by atoms with Gasteiger partial charge in [-0.2, -0.15) is 0 Å². The van der Waals surface area contributed by atoms with Gasteiger partial charge in [0.25, 0.3) is 0 Å². The molecule has 0 saturated carbocycles. The van der Waals surface area contributed by atoms with Crippen LogP contribution in [-0.2, 0) is 4.74 Å². The van der Waals surface area contributed by atoms with Gasteiger partial charge >= 0.3 is 5.97 Å². The number of hydrogen-bond acceptors (Lipinski definition) is 4. The van der Waals surface area contributed by atoms with Crippen molar-refractivity contribution >= 4 is 17.5 Å². The lowest BCUT2D eigenvalue weighted by Crippen LogP contribution is -2.19. The van der Waals surface area contributed by atoms with E-state index in [1.54, 1.807) is 43.3 Å². The summed E-state index contributed by atoms with van der Waals surface area (Å²) < 4.78 is 4.92. The fourth-order valence-electron chi connectivity index (χ4n) is 2.03. The molecule has 0 N–H and O–H groups in total. The molecule has 2 rings (SSSR count). The highest BCUT2D eigenvalue weighted by molar-refractivity contribution is 6.50. The normalized spacial score (nSPS) is 10.1. The van der Waals surface area contributed by atoms with Crippen molar-refractivity contribution in [3.05, 3.63) is 70.8 Å². The first kappa shape index (κ1) is 15.6. The first-order chi connectivity index (χ1) is 10.5. The van der Waals surface area contributed by atoms with E-state index in [1.165, 1.54) is 12.1 Å². The number of benzene rings is 2. The van der Waals surface area contributed by atoms with E-state index < -0.39 is 17.5 Å². The van der Waals surface area contributed by atoms with E-state index in [9.17, 15) is 14.4 Å². The molecule has 0 amide bonds. The predicted octanol–water partition coefficient (Wildman–Crippen LogP) is 3.24. The Kier molecular flexibility index (Phi) is 4.84. The third-order valence-electron chi connectivity index (χ3n) is 3.19. The summed E-state index contributed by atoms with van der Waals surface area (Å²) in [5, 5.41) is 0. The van der Waals surface area contributed by atoms with Crippen LogP contribution in [0.15, 0.2) is 48.5 Å². The standard InChI is InChI=1S/C18H16O4/c1-3-22-18(21)15-7-5-4-6-14(15)17(20)16(19)13-10-8-12(2)9-11-13/h4-11H,3H2,1-2H3. The van der Waals surface area contributed by atoms with Crippen LogP contribution in [-0.4, -0.2) is 24.1 Å². The van der Waals surface area contributed by atoms with E-state index >= 15 is 0 Å². The van der Waals surface area contributed by atoms with Crippen LogP contribution < -0.4 is 0 Å². The zero-order valence-corrected chi connectivity index (χ0v) is 12.5. The second kappa shape index (κ2) is 6.80. The Morgan fingerprint density at radius 2 is 1.45 bits per heavy atom. The minimum Gasteiger partial charge on any atom is -0.462 e. The van der Waals surface area contributed by atoms with E-state index in [2.05, 4.69) is 0 Å². The van der Waals surface area contributed by atoms with Crippen LogP contribution in [0.25, 0.3) is 0 Å². The molecule has 0 aliphatic heterocycles. The van der Waals surface area contributed by atoms with Gasteiger partial charge in [0.2, 0.25) is 11.6 Å². The summed E-state index contributed by atoms with van der Waals surface area (Å²) in [5.74, 6) is -1.97. The number of rotatable bonds is 5. The van der Waals surface area contributed by atoms with Crippen LogP contribution in [0.5, 0.6) is 0 Å². The Hall–Kier alpha value is -2.75. The topological polar surface area (TPSA) is 60.4 Å². The Labute approximate surface area is 128 Å². The minimum absolute atomic E-state index is 0.0616. The average molecular weight is 296 g/mol. The van der Waals surface area contributed by atoms with Crippen molar-refractivity contribution in [3.8, 4) is 0 Å². The van der Waals surface area contributed by atoms with Gasteiger partial charge in [-0.1, -0.05) is 48.0 Å². The second-order valence-electron chi connectivity index (χ2n) is 4.79. The molecular formula is C18H16O4. The number of esters is 1. The zero-order valence-electron chi connectivity index (χ0n) is 12.5. The van der Waals surface area contributed by atoms with E-state index in [1.807, 2.05) is 6.92 Å². The SMILES string of the molecule is CCOC(=O)c1ccccc1C(=O)C(=O)c1ccc(C)cc1. The summed E-state index contributed by atoms with van der Waals surface area (Å²) in [6.07, 6.45) is 0. The number of Topliss-reactive ketones (excluding diaryl/α,β-unsaturated/α-hetero) is 2. The number of hydrogen-bond donors (Lipinski definition) is 0. The van der Waals surface area contributed by atoms with Crippen molar-refractivity contribution in [1.29, 1.82) is 0 Å². The van der Waals surface area contributed by atoms with E-state index in [-0.39, 0.29) is 17.7 Å². The number of carbonyl (C=O) groups is 3. The fourth-order valence-corrected chi connectivity index (χ4v) is 2.03. The molecule has 0 unspecified atom stereocenters. The summed E-state index contributed by atoms with van der Waals surface area (Å²) in [5.41, 5.74) is 1.46. The first-order valence-electron chi connectivity index (χ1n) is 6.96. The maximum Gasteiger partial charge on any atom is 0.338 e. The molecule has 0 atom stereocenters. The van der Waals surface area contributed by atoms with Crippen molar-refractivity contribution in [2.24, 2.45) is 0 Å². The van der Waals surface area contributed by atoms with Gasteiger partial charge < -0.3 is 4.74 Å². The summed E-state index contributed by atoms with van der Waals surface area (Å²) in [7, 11) is 0. The molecule has 22 heavy (non-hydrogen) atoms. The lowest BCUT2D eigenvalue weighted by atomic mass is 9.97. The van der Waals surface area contributed by atoms with E-state index in [0.29, 0.717) is 5.56 Å². The zero-order chi connectivity index (χ0) is 16.1. The van der Waals surface area contributed by atoms with E-state index in [0.717, 1.165) is 5.56 Å². The fraction of sp³-hybridized carbons (Fsp3) is 0.167. The summed E-state index contributed by atoms with van der Waals surface area (Å²) >= 11 is 0. The molecule has 2 aromatic rings. The molecule has 4 nitrogen and oxygen atoms in total. The molecular weight excluding hydrogens is 280 g/mol. The quantitative estimate of drug-likeness (QED) is 0.483. The van der Waals surface area contributed by atoms with Gasteiger partial charge in [0, 0.05) is 11.1 Å². The van der Waals surface area contributed by atoms with Crippen molar-refractivity contribution in [1.82, 2.24) is 0 Å². The molecule has 0 heterocycles. The Morgan fingerprint density at radius 3 is 2.05 bits per heavy atom. The third kappa shape index (κ3) is 3.28. The third-order valence-corrected chi connectivity index (χ3v) is 3.19. The van der Waals surface area contributed by atoms with Gasteiger partial charge in [-0.05, 0) is 19.9 Å². The Balaban J connectivity index is 2.35. The molecule has 4 heteroatoms. The maximum absolute atomic E-state index is 12.4. The number of aryl methyl sites for hydroxylation is 1. The highest BCUT2D eigenvalue weighted by Gasteiger charge is 2.23. The molecule has 0 aliphatic carbocycles. The lowest BCUT2D eigenvalue weighted by molar-refractivity contribution is 0.0523. The van der Waals surface area contributed by atoms with Crippen molar-refractivity contribution in [2.45, 2.75) is 13.8 Å². The smallest absolute Gasteiger partial charge is 0.338 e. The van der Waals surface area contributed by atoms with Crippen molar-refractivity contribution < 1.29 is 19.1 Å². The molecule has 0 fully saturated rings. The second-order valence-corrected chi connectivity index (χ2v) is 4.79. The summed E-state index contributed by atoms with van der Waals surface area (Å²) in [6, 6.07) is 12.9. The van der Waals surface area contributed by atoms with Crippen LogP contribution in [0.1, 0.15) is 43.6 Å². The van der Waals surface area contributed by atoms with Crippen LogP contribution in [0.3, 0.4) is 0 Å². The molecule has 2 aromatic carbocycles. The predicted molar refractivity (Wildman–Crippen MR) is 82.2 cm³/mol. The maximum atomic E-state index is 12.4. The van der Waals surface area contributed by atoms with Gasteiger partial charge in [-0.15, -0.1) is 0 Å². The Bertz CT molecular complexity index is 714. The number of carbonyl (C=O) groups excluding carboxylic acids is 3. The van der Waals surface area contributed by atoms with Gasteiger partial charge in [0.1, 0.15) is 0 Å². The monoisotopic (exact) mass is 296 g/mol. The van der Waals surface area contributed by atoms with Crippen LogP contribution in [0.2, 0.25) is 0 Å². The highest BCUT2D eigenvalue weighted by Crippen LogP contribution is 2.15. The van der Waals surface area contributed by atoms with Crippen LogP contribution >= 0.6 is 0 Å². The highest BCUT2D eigenvalue weighted by atomic mass is 16.5. The molecule has 0 radical (unpaired) electrons. The van der Waals surface area contributed by atoms with Crippen molar-refractivity contribution in [2.75, 3.05) is 6.61 Å².